The number of aromatic nitrogens is 5. The Hall–Kier alpha value is -4.11. The lowest BCUT2D eigenvalue weighted by atomic mass is 10.1. The first-order valence-corrected chi connectivity index (χ1v) is 10.9. The van der Waals surface area contributed by atoms with Gasteiger partial charge in [-0.25, -0.2) is 14.8 Å². The molecular formula is C24H23N7O2. The summed E-state index contributed by atoms with van der Waals surface area (Å²) < 4.78 is 9.00. The van der Waals surface area contributed by atoms with Crippen molar-refractivity contribution in [2.45, 2.75) is 0 Å². The molecule has 0 bridgehead atoms. The topological polar surface area (TPSA) is 92.5 Å². The lowest BCUT2D eigenvalue weighted by molar-refractivity contribution is 0.122. The summed E-state index contributed by atoms with van der Waals surface area (Å²) in [5, 5.41) is 3.43. The number of imidazole rings is 2. The van der Waals surface area contributed by atoms with E-state index in [9.17, 15) is 4.79 Å². The molecule has 0 atom stereocenters. The van der Waals surface area contributed by atoms with Crippen molar-refractivity contribution in [2.24, 2.45) is 7.05 Å². The highest BCUT2D eigenvalue weighted by molar-refractivity contribution is 5.82. The number of morpholine rings is 1. The summed E-state index contributed by atoms with van der Waals surface area (Å²) in [6.07, 6.45) is 5.60. The first-order valence-electron chi connectivity index (χ1n) is 10.9. The van der Waals surface area contributed by atoms with E-state index in [1.54, 1.807) is 17.8 Å². The second-order valence-corrected chi connectivity index (χ2v) is 8.13. The number of fused-ring (bicyclic) bond motifs is 2. The number of rotatable bonds is 4. The highest BCUT2D eigenvalue weighted by Crippen LogP contribution is 2.27. The summed E-state index contributed by atoms with van der Waals surface area (Å²) in [7, 11) is 1.75. The Bertz CT molecular complexity index is 1510. The molecular weight excluding hydrogens is 418 g/mol. The van der Waals surface area contributed by atoms with Crippen LogP contribution in [-0.2, 0) is 11.8 Å². The summed E-state index contributed by atoms with van der Waals surface area (Å²) in [5.41, 5.74) is 6.05. The number of nitrogens with zero attached hydrogens (tertiary/aromatic N) is 5. The second kappa shape index (κ2) is 7.79. The molecule has 0 amide bonds. The number of aryl methyl sites for hydroxylation is 1. The normalized spacial score (nSPS) is 14.3. The Balaban J connectivity index is 1.35. The van der Waals surface area contributed by atoms with Crippen molar-refractivity contribution < 1.29 is 4.74 Å². The van der Waals surface area contributed by atoms with Crippen LogP contribution in [0.2, 0.25) is 0 Å². The standard InChI is InChI=1S/C24H23N7O2/c1-29-21-14-16(2-7-19(21)28-24(29)32)20-15-31-9-8-25-23(31)22(27-20)26-17-3-5-18(6-4-17)30-10-12-33-13-11-30/h2-9,14-15H,10-13H2,1H3,(H,26,27)(H,28,32). The molecule has 2 N–H and O–H groups in total. The average molecular weight is 441 g/mol. The van der Waals surface area contributed by atoms with E-state index in [-0.39, 0.29) is 5.69 Å². The smallest absolute Gasteiger partial charge is 0.326 e. The molecule has 166 valence electrons. The summed E-state index contributed by atoms with van der Waals surface area (Å²) in [6, 6.07) is 14.2. The van der Waals surface area contributed by atoms with Gasteiger partial charge in [-0.05, 0) is 36.4 Å². The van der Waals surface area contributed by atoms with Crippen molar-refractivity contribution in [3.8, 4) is 11.3 Å². The van der Waals surface area contributed by atoms with Crippen LogP contribution in [0.3, 0.4) is 0 Å². The lowest BCUT2D eigenvalue weighted by Crippen LogP contribution is -2.36. The zero-order valence-electron chi connectivity index (χ0n) is 18.2. The van der Waals surface area contributed by atoms with Gasteiger partial charge in [0.2, 0.25) is 0 Å². The Morgan fingerprint density at radius 2 is 1.91 bits per heavy atom. The van der Waals surface area contributed by atoms with E-state index in [0.717, 1.165) is 59.9 Å². The van der Waals surface area contributed by atoms with Gasteiger partial charge in [0.05, 0.1) is 29.9 Å². The zero-order valence-corrected chi connectivity index (χ0v) is 18.2. The number of nitrogens with one attached hydrogen (secondary N) is 2. The third kappa shape index (κ3) is 3.52. The predicted molar refractivity (Wildman–Crippen MR) is 128 cm³/mol. The number of aromatic amines is 1. The molecule has 1 saturated heterocycles. The van der Waals surface area contributed by atoms with Crippen molar-refractivity contribution in [3.05, 3.63) is 71.5 Å². The molecule has 4 heterocycles. The van der Waals surface area contributed by atoms with Crippen molar-refractivity contribution in [3.63, 3.8) is 0 Å². The van der Waals surface area contributed by atoms with Crippen LogP contribution in [0, 0.1) is 0 Å². The minimum absolute atomic E-state index is 0.136. The molecule has 2 aromatic carbocycles. The zero-order chi connectivity index (χ0) is 22.4. The van der Waals surface area contributed by atoms with E-state index < -0.39 is 0 Å². The van der Waals surface area contributed by atoms with Crippen LogP contribution >= 0.6 is 0 Å². The maximum atomic E-state index is 12.0. The molecule has 9 heteroatoms. The fraction of sp³-hybridized carbons (Fsp3) is 0.208. The van der Waals surface area contributed by atoms with E-state index in [2.05, 4.69) is 44.5 Å². The third-order valence-corrected chi connectivity index (χ3v) is 6.08. The van der Waals surface area contributed by atoms with Gasteiger partial charge in [-0.2, -0.15) is 0 Å². The summed E-state index contributed by atoms with van der Waals surface area (Å²) in [4.78, 5) is 26.5. The summed E-state index contributed by atoms with van der Waals surface area (Å²) in [5.74, 6) is 0.666. The summed E-state index contributed by atoms with van der Waals surface area (Å²) >= 11 is 0. The minimum atomic E-state index is -0.136. The monoisotopic (exact) mass is 441 g/mol. The molecule has 6 rings (SSSR count). The number of H-pyrrole nitrogens is 1. The van der Waals surface area contributed by atoms with Crippen molar-refractivity contribution >= 4 is 33.9 Å². The first-order chi connectivity index (χ1) is 16.2. The molecule has 0 aliphatic carbocycles. The van der Waals surface area contributed by atoms with Gasteiger partial charge in [0.1, 0.15) is 0 Å². The van der Waals surface area contributed by atoms with Crippen LogP contribution in [0.5, 0.6) is 0 Å². The quantitative estimate of drug-likeness (QED) is 0.445. The number of hydrogen-bond acceptors (Lipinski definition) is 6. The highest BCUT2D eigenvalue weighted by Gasteiger charge is 2.13. The Morgan fingerprint density at radius 3 is 2.73 bits per heavy atom. The molecule has 1 aliphatic rings. The van der Waals surface area contributed by atoms with Crippen molar-refractivity contribution in [1.29, 1.82) is 0 Å². The number of hydrogen-bond donors (Lipinski definition) is 2. The van der Waals surface area contributed by atoms with E-state index in [1.807, 2.05) is 35.0 Å². The maximum Gasteiger partial charge on any atom is 0.326 e. The van der Waals surface area contributed by atoms with Gasteiger partial charge in [0.15, 0.2) is 11.5 Å². The van der Waals surface area contributed by atoms with Gasteiger partial charge >= 0.3 is 5.69 Å². The first kappa shape index (κ1) is 19.6. The van der Waals surface area contributed by atoms with Crippen molar-refractivity contribution in [2.75, 3.05) is 36.5 Å². The van der Waals surface area contributed by atoms with Gasteiger partial charge in [0, 0.05) is 55.7 Å². The molecule has 9 nitrogen and oxygen atoms in total. The van der Waals surface area contributed by atoms with Gasteiger partial charge in [-0.15, -0.1) is 0 Å². The molecule has 33 heavy (non-hydrogen) atoms. The fourth-order valence-corrected chi connectivity index (χ4v) is 4.25. The fourth-order valence-electron chi connectivity index (χ4n) is 4.25. The van der Waals surface area contributed by atoms with Gasteiger partial charge in [-0.1, -0.05) is 6.07 Å². The number of anilines is 3. The van der Waals surface area contributed by atoms with Crippen LogP contribution in [0.15, 0.2) is 65.8 Å². The molecule has 5 aromatic rings. The SMILES string of the molecule is Cn1c(=O)[nH]c2ccc(-c3cn4ccnc4c(Nc4ccc(N5CCOCC5)cc4)n3)cc21. The van der Waals surface area contributed by atoms with Crippen LogP contribution in [-0.4, -0.2) is 50.2 Å². The lowest BCUT2D eigenvalue weighted by Gasteiger charge is -2.28. The van der Waals surface area contributed by atoms with Crippen LogP contribution in [0.1, 0.15) is 0 Å². The van der Waals surface area contributed by atoms with E-state index in [1.165, 1.54) is 5.69 Å². The molecule has 0 spiro atoms. The Morgan fingerprint density at radius 1 is 1.09 bits per heavy atom. The molecule has 3 aromatic heterocycles. The molecule has 1 fully saturated rings. The largest absolute Gasteiger partial charge is 0.378 e. The van der Waals surface area contributed by atoms with E-state index >= 15 is 0 Å². The average Bonchev–Trinajstić information content (AvgIpc) is 3.44. The predicted octanol–water partition coefficient (Wildman–Crippen LogP) is 3.16. The Labute approximate surface area is 189 Å². The number of benzene rings is 2. The van der Waals surface area contributed by atoms with Gasteiger partial charge < -0.3 is 24.3 Å². The van der Waals surface area contributed by atoms with Crippen LogP contribution in [0.25, 0.3) is 27.9 Å². The second-order valence-electron chi connectivity index (χ2n) is 8.13. The third-order valence-electron chi connectivity index (χ3n) is 6.08. The molecule has 1 aliphatic heterocycles. The van der Waals surface area contributed by atoms with Crippen LogP contribution in [0.4, 0.5) is 17.2 Å². The van der Waals surface area contributed by atoms with E-state index in [0.29, 0.717) is 5.82 Å². The summed E-state index contributed by atoms with van der Waals surface area (Å²) in [6.45, 7) is 3.33. The highest BCUT2D eigenvalue weighted by atomic mass is 16.5. The van der Waals surface area contributed by atoms with Gasteiger partial charge in [-0.3, -0.25) is 4.57 Å². The molecule has 0 saturated carbocycles. The number of ether oxygens (including phenoxy) is 1. The van der Waals surface area contributed by atoms with E-state index in [4.69, 9.17) is 9.72 Å². The van der Waals surface area contributed by atoms with Gasteiger partial charge in [0.25, 0.3) is 0 Å². The minimum Gasteiger partial charge on any atom is -0.378 e. The van der Waals surface area contributed by atoms with Crippen LogP contribution < -0.4 is 15.9 Å². The maximum absolute atomic E-state index is 12.0. The van der Waals surface area contributed by atoms with Crippen molar-refractivity contribution in [1.82, 2.24) is 23.9 Å². The molecule has 0 unspecified atom stereocenters. The Kier molecular flexibility index (Phi) is 4.62. The molecule has 0 radical (unpaired) electrons.